The lowest BCUT2D eigenvalue weighted by Crippen LogP contribution is -2.24. The van der Waals surface area contributed by atoms with Crippen molar-refractivity contribution in [2.24, 2.45) is 5.10 Å². The van der Waals surface area contributed by atoms with Crippen LogP contribution in [-0.2, 0) is 0 Å². The van der Waals surface area contributed by atoms with E-state index < -0.39 is 6.03 Å². The van der Waals surface area contributed by atoms with Gasteiger partial charge in [-0.15, -0.1) is 0 Å². The molecule has 3 aromatic rings. The van der Waals surface area contributed by atoms with E-state index in [-0.39, 0.29) is 0 Å². The van der Waals surface area contributed by atoms with Gasteiger partial charge in [-0.25, -0.2) is 10.2 Å². The Labute approximate surface area is 152 Å². The highest BCUT2D eigenvalue weighted by atomic mass is 16.5. The van der Waals surface area contributed by atoms with Crippen LogP contribution in [0, 0.1) is 6.92 Å². The number of nitrogens with one attached hydrogen (secondary N) is 2. The smallest absolute Gasteiger partial charge is 0.339 e. The predicted molar refractivity (Wildman–Crippen MR) is 103 cm³/mol. The van der Waals surface area contributed by atoms with E-state index in [1.807, 2.05) is 61.5 Å². The molecule has 6 nitrogen and oxygen atoms in total. The second kappa shape index (κ2) is 8.02. The van der Waals surface area contributed by atoms with Crippen LogP contribution in [0.5, 0.6) is 5.75 Å². The van der Waals surface area contributed by atoms with Crippen molar-refractivity contribution in [3.05, 3.63) is 78.1 Å². The van der Waals surface area contributed by atoms with Gasteiger partial charge in [-0.1, -0.05) is 30.3 Å². The monoisotopic (exact) mass is 348 g/mol. The Morgan fingerprint density at radius 2 is 1.77 bits per heavy atom. The SMILES string of the molecule is COc1ccccc1NC(=O)N/N=C\c1ccc(C)n1-c1ccccc1. The van der Waals surface area contributed by atoms with Crippen molar-refractivity contribution in [1.29, 1.82) is 0 Å². The van der Waals surface area contributed by atoms with Gasteiger partial charge in [-0.3, -0.25) is 0 Å². The Bertz CT molecular complexity index is 917. The molecule has 0 spiro atoms. The molecule has 2 amide bonds. The molecule has 0 saturated heterocycles. The summed E-state index contributed by atoms with van der Waals surface area (Å²) < 4.78 is 7.26. The summed E-state index contributed by atoms with van der Waals surface area (Å²) in [7, 11) is 1.55. The highest BCUT2D eigenvalue weighted by Gasteiger charge is 2.07. The van der Waals surface area contributed by atoms with Gasteiger partial charge in [-0.05, 0) is 43.3 Å². The maximum Gasteiger partial charge on any atom is 0.339 e. The van der Waals surface area contributed by atoms with Crippen LogP contribution < -0.4 is 15.5 Å². The van der Waals surface area contributed by atoms with Crippen molar-refractivity contribution in [3.63, 3.8) is 0 Å². The van der Waals surface area contributed by atoms with Crippen LogP contribution in [0.25, 0.3) is 5.69 Å². The number of carbonyl (C=O) groups is 1. The molecule has 0 saturated carbocycles. The number of nitrogens with zero attached hydrogens (tertiary/aromatic N) is 2. The Morgan fingerprint density at radius 1 is 1.04 bits per heavy atom. The summed E-state index contributed by atoms with van der Waals surface area (Å²) in [6.45, 7) is 2.02. The topological polar surface area (TPSA) is 67.7 Å². The molecular weight excluding hydrogens is 328 g/mol. The quantitative estimate of drug-likeness (QED) is 0.541. The molecule has 0 bridgehead atoms. The van der Waals surface area contributed by atoms with Gasteiger partial charge in [0.05, 0.1) is 24.7 Å². The summed E-state index contributed by atoms with van der Waals surface area (Å²) in [5, 5.41) is 6.75. The van der Waals surface area contributed by atoms with Gasteiger partial charge in [0, 0.05) is 11.4 Å². The molecule has 0 fully saturated rings. The molecule has 0 aliphatic rings. The number of rotatable bonds is 5. The number of hydrazone groups is 1. The first-order valence-electron chi connectivity index (χ1n) is 8.16. The molecule has 2 aromatic carbocycles. The number of aromatic nitrogens is 1. The fourth-order valence-electron chi connectivity index (χ4n) is 2.64. The average molecular weight is 348 g/mol. The first-order valence-corrected chi connectivity index (χ1v) is 8.16. The van der Waals surface area contributed by atoms with E-state index in [9.17, 15) is 4.79 Å². The minimum atomic E-state index is -0.444. The normalized spacial score (nSPS) is 10.7. The molecule has 1 aromatic heterocycles. The first kappa shape index (κ1) is 17.3. The number of carbonyl (C=O) groups excluding carboxylic acids is 1. The summed E-state index contributed by atoms with van der Waals surface area (Å²) >= 11 is 0. The van der Waals surface area contributed by atoms with Crippen LogP contribution in [0.1, 0.15) is 11.4 Å². The number of anilines is 1. The van der Waals surface area contributed by atoms with Gasteiger partial charge in [0.2, 0.25) is 0 Å². The molecule has 0 radical (unpaired) electrons. The lowest BCUT2D eigenvalue weighted by Gasteiger charge is -2.10. The number of amides is 2. The van der Waals surface area contributed by atoms with Crippen molar-refractivity contribution in [2.75, 3.05) is 12.4 Å². The lowest BCUT2D eigenvalue weighted by molar-refractivity contribution is 0.252. The highest BCUT2D eigenvalue weighted by Crippen LogP contribution is 2.22. The number of methoxy groups -OCH3 is 1. The molecule has 1 heterocycles. The van der Waals surface area contributed by atoms with Gasteiger partial charge in [0.25, 0.3) is 0 Å². The Morgan fingerprint density at radius 3 is 2.54 bits per heavy atom. The summed E-state index contributed by atoms with van der Waals surface area (Å²) in [5.74, 6) is 0.584. The zero-order chi connectivity index (χ0) is 18.4. The molecule has 3 rings (SSSR count). The number of hydrogen-bond acceptors (Lipinski definition) is 3. The second-order valence-corrected chi connectivity index (χ2v) is 5.59. The minimum absolute atomic E-state index is 0.444. The summed E-state index contributed by atoms with van der Waals surface area (Å²) in [5.41, 5.74) is 6.03. The third kappa shape index (κ3) is 3.92. The van der Waals surface area contributed by atoms with Crippen LogP contribution >= 0.6 is 0 Å². The van der Waals surface area contributed by atoms with Gasteiger partial charge in [0.1, 0.15) is 5.75 Å². The van der Waals surface area contributed by atoms with Crippen molar-refractivity contribution >= 4 is 17.9 Å². The molecule has 0 atom stereocenters. The molecule has 132 valence electrons. The molecule has 26 heavy (non-hydrogen) atoms. The van der Waals surface area contributed by atoms with Gasteiger partial charge in [0.15, 0.2) is 0 Å². The Balaban J connectivity index is 1.69. The molecule has 2 N–H and O–H groups in total. The number of urea groups is 1. The predicted octanol–water partition coefficient (Wildman–Crippen LogP) is 3.95. The lowest BCUT2D eigenvalue weighted by atomic mass is 10.3. The van der Waals surface area contributed by atoms with Crippen molar-refractivity contribution < 1.29 is 9.53 Å². The number of hydrogen-bond donors (Lipinski definition) is 2. The van der Waals surface area contributed by atoms with E-state index in [1.54, 1.807) is 25.5 Å². The van der Waals surface area contributed by atoms with Crippen LogP contribution in [0.4, 0.5) is 10.5 Å². The van der Waals surface area contributed by atoms with E-state index >= 15 is 0 Å². The van der Waals surface area contributed by atoms with Gasteiger partial charge >= 0.3 is 6.03 Å². The maximum absolute atomic E-state index is 12.0. The molecule has 0 aliphatic carbocycles. The minimum Gasteiger partial charge on any atom is -0.495 e. The van der Waals surface area contributed by atoms with E-state index in [1.165, 1.54) is 0 Å². The van der Waals surface area contributed by atoms with E-state index in [0.717, 1.165) is 17.1 Å². The molecule has 0 aliphatic heterocycles. The van der Waals surface area contributed by atoms with Crippen LogP contribution in [0.3, 0.4) is 0 Å². The summed E-state index contributed by atoms with van der Waals surface area (Å²) in [6.07, 6.45) is 1.61. The largest absolute Gasteiger partial charge is 0.495 e. The third-order valence-corrected chi connectivity index (χ3v) is 3.84. The molecule has 6 heteroatoms. The number of ether oxygens (including phenoxy) is 1. The van der Waals surface area contributed by atoms with Crippen LogP contribution in [-0.4, -0.2) is 23.9 Å². The zero-order valence-electron chi connectivity index (χ0n) is 14.6. The average Bonchev–Trinajstić information content (AvgIpc) is 3.03. The molecular formula is C20H20N4O2. The first-order chi connectivity index (χ1) is 12.7. The summed E-state index contributed by atoms with van der Waals surface area (Å²) in [4.78, 5) is 12.0. The van der Waals surface area contributed by atoms with Crippen LogP contribution in [0.2, 0.25) is 0 Å². The standard InChI is InChI=1S/C20H20N4O2/c1-15-12-13-17(24(15)16-8-4-3-5-9-16)14-21-23-20(25)22-18-10-6-7-11-19(18)26-2/h3-14H,1-2H3,(H2,22,23,25)/b21-14-. The van der Waals surface area contributed by atoms with Crippen molar-refractivity contribution in [2.45, 2.75) is 6.92 Å². The van der Waals surface area contributed by atoms with E-state index in [2.05, 4.69) is 20.4 Å². The third-order valence-electron chi connectivity index (χ3n) is 3.84. The summed E-state index contributed by atoms with van der Waals surface area (Å²) in [6, 6.07) is 20.7. The number of benzene rings is 2. The number of para-hydroxylation sites is 3. The molecule has 0 unspecified atom stereocenters. The second-order valence-electron chi connectivity index (χ2n) is 5.59. The highest BCUT2D eigenvalue weighted by molar-refractivity contribution is 5.91. The van der Waals surface area contributed by atoms with Crippen LogP contribution in [0.15, 0.2) is 71.8 Å². The Hall–Kier alpha value is -3.54. The van der Waals surface area contributed by atoms with Gasteiger partial charge in [-0.2, -0.15) is 5.10 Å². The van der Waals surface area contributed by atoms with Crippen molar-refractivity contribution in [3.8, 4) is 11.4 Å². The fourth-order valence-corrected chi connectivity index (χ4v) is 2.64. The van der Waals surface area contributed by atoms with Gasteiger partial charge < -0.3 is 14.6 Å². The van der Waals surface area contributed by atoms with Crippen molar-refractivity contribution in [1.82, 2.24) is 9.99 Å². The Kier molecular flexibility index (Phi) is 5.34. The van der Waals surface area contributed by atoms with E-state index in [0.29, 0.717) is 11.4 Å². The fraction of sp³-hybridized carbons (Fsp3) is 0.100. The zero-order valence-corrected chi connectivity index (χ0v) is 14.6. The maximum atomic E-state index is 12.0. The van der Waals surface area contributed by atoms with E-state index in [4.69, 9.17) is 4.74 Å². The number of aryl methyl sites for hydroxylation is 1.